The highest BCUT2D eigenvalue weighted by atomic mass is 16.1. The molecule has 0 radical (unpaired) electrons. The van der Waals surface area contributed by atoms with Gasteiger partial charge in [0.15, 0.2) is 0 Å². The number of carbonyl (C=O) groups is 1. The van der Waals surface area contributed by atoms with Crippen LogP contribution in [0.2, 0.25) is 0 Å². The Labute approximate surface area is 127 Å². The Kier molecular flexibility index (Phi) is 5.62. The van der Waals surface area contributed by atoms with E-state index in [2.05, 4.69) is 48.3 Å². The average molecular weight is 289 g/mol. The van der Waals surface area contributed by atoms with E-state index in [4.69, 9.17) is 5.73 Å². The molecule has 4 heteroatoms. The van der Waals surface area contributed by atoms with Crippen molar-refractivity contribution in [3.05, 3.63) is 29.8 Å². The summed E-state index contributed by atoms with van der Waals surface area (Å²) in [5, 5.41) is 3.46. The first-order valence-corrected chi connectivity index (χ1v) is 7.98. The second-order valence-corrected chi connectivity index (χ2v) is 5.98. The highest BCUT2D eigenvalue weighted by Crippen LogP contribution is 2.30. The van der Waals surface area contributed by atoms with Crippen molar-refractivity contribution < 1.29 is 4.79 Å². The number of carbonyl (C=O) groups excluding carboxylic acids is 1. The van der Waals surface area contributed by atoms with E-state index in [-0.39, 0.29) is 11.8 Å². The molecule has 116 valence electrons. The normalized spacial score (nSPS) is 22.3. The SMILES string of the molecule is CCCNCc1ccccc1N1CC(C(N)=O)CCC1C. The maximum atomic E-state index is 11.5. The lowest BCUT2D eigenvalue weighted by Gasteiger charge is -2.39. The zero-order valence-corrected chi connectivity index (χ0v) is 13.1. The Bertz CT molecular complexity index is 475. The van der Waals surface area contributed by atoms with Crippen molar-refractivity contribution in [1.82, 2.24) is 5.32 Å². The highest BCUT2D eigenvalue weighted by Gasteiger charge is 2.29. The van der Waals surface area contributed by atoms with Gasteiger partial charge >= 0.3 is 0 Å². The second-order valence-electron chi connectivity index (χ2n) is 5.98. The van der Waals surface area contributed by atoms with Crippen LogP contribution in [0, 0.1) is 5.92 Å². The van der Waals surface area contributed by atoms with Gasteiger partial charge in [0, 0.05) is 24.8 Å². The molecule has 1 fully saturated rings. The standard InChI is InChI=1S/C17H27N3O/c1-3-10-19-11-14-6-4-5-7-16(14)20-12-15(17(18)21)9-8-13(20)2/h4-7,13,15,19H,3,8-12H2,1-2H3,(H2,18,21). The predicted molar refractivity (Wildman–Crippen MR) is 87.2 cm³/mol. The Balaban J connectivity index is 2.16. The van der Waals surface area contributed by atoms with Crippen molar-refractivity contribution in [2.75, 3.05) is 18.0 Å². The molecule has 0 saturated carbocycles. The first-order valence-electron chi connectivity index (χ1n) is 7.98. The molecule has 1 aromatic rings. The summed E-state index contributed by atoms with van der Waals surface area (Å²) >= 11 is 0. The van der Waals surface area contributed by atoms with Gasteiger partial charge in [0.05, 0.1) is 5.92 Å². The van der Waals surface area contributed by atoms with Gasteiger partial charge in [0.2, 0.25) is 5.91 Å². The topological polar surface area (TPSA) is 58.4 Å². The van der Waals surface area contributed by atoms with E-state index < -0.39 is 0 Å². The third kappa shape index (κ3) is 3.97. The average Bonchev–Trinajstić information content (AvgIpc) is 2.48. The molecule has 3 N–H and O–H groups in total. The quantitative estimate of drug-likeness (QED) is 0.790. The molecule has 1 amide bonds. The third-order valence-electron chi connectivity index (χ3n) is 4.33. The van der Waals surface area contributed by atoms with Crippen molar-refractivity contribution in [2.45, 2.75) is 45.7 Å². The fourth-order valence-electron chi connectivity index (χ4n) is 3.02. The predicted octanol–water partition coefficient (Wildman–Crippen LogP) is 2.28. The van der Waals surface area contributed by atoms with Gasteiger partial charge in [-0.1, -0.05) is 25.1 Å². The van der Waals surface area contributed by atoms with E-state index >= 15 is 0 Å². The van der Waals surface area contributed by atoms with Crippen LogP contribution in [-0.4, -0.2) is 25.0 Å². The number of amides is 1. The molecule has 1 aromatic carbocycles. The first kappa shape index (κ1) is 15.8. The van der Waals surface area contributed by atoms with Crippen molar-refractivity contribution in [1.29, 1.82) is 0 Å². The molecule has 0 spiro atoms. The number of hydrogen-bond donors (Lipinski definition) is 2. The molecule has 1 saturated heterocycles. The van der Waals surface area contributed by atoms with Crippen molar-refractivity contribution >= 4 is 11.6 Å². The highest BCUT2D eigenvalue weighted by molar-refractivity contribution is 5.77. The van der Waals surface area contributed by atoms with E-state index in [1.54, 1.807) is 0 Å². The zero-order valence-electron chi connectivity index (χ0n) is 13.1. The number of primary amides is 1. The fraction of sp³-hybridized carbons (Fsp3) is 0.588. The largest absolute Gasteiger partial charge is 0.369 e. The molecular weight excluding hydrogens is 262 g/mol. The molecule has 2 rings (SSSR count). The van der Waals surface area contributed by atoms with Gasteiger partial charge in [-0.2, -0.15) is 0 Å². The van der Waals surface area contributed by atoms with E-state index in [9.17, 15) is 4.79 Å². The summed E-state index contributed by atoms with van der Waals surface area (Å²) in [5.41, 5.74) is 8.04. The second kappa shape index (κ2) is 7.46. The van der Waals surface area contributed by atoms with Gasteiger partial charge in [-0.05, 0) is 44.4 Å². The number of anilines is 1. The summed E-state index contributed by atoms with van der Waals surface area (Å²) in [7, 11) is 0. The molecular formula is C17H27N3O. The maximum Gasteiger partial charge on any atom is 0.222 e. The molecule has 1 heterocycles. The first-order chi connectivity index (χ1) is 10.1. The number of para-hydroxylation sites is 1. The minimum absolute atomic E-state index is 0.0298. The minimum Gasteiger partial charge on any atom is -0.369 e. The van der Waals surface area contributed by atoms with Crippen molar-refractivity contribution in [3.63, 3.8) is 0 Å². The van der Waals surface area contributed by atoms with Crippen LogP contribution in [0.25, 0.3) is 0 Å². The van der Waals surface area contributed by atoms with E-state index in [1.807, 2.05) is 0 Å². The lowest BCUT2D eigenvalue weighted by atomic mass is 9.92. The van der Waals surface area contributed by atoms with Crippen molar-refractivity contribution in [2.24, 2.45) is 11.7 Å². The lowest BCUT2D eigenvalue weighted by molar-refractivity contribution is -0.122. The van der Waals surface area contributed by atoms with Crippen LogP contribution in [0.5, 0.6) is 0 Å². The number of nitrogens with zero attached hydrogens (tertiary/aromatic N) is 1. The van der Waals surface area contributed by atoms with Crippen LogP contribution in [0.1, 0.15) is 38.7 Å². The number of rotatable bonds is 6. The number of piperidine rings is 1. The number of nitrogens with two attached hydrogens (primary N) is 1. The van der Waals surface area contributed by atoms with Crippen LogP contribution in [0.4, 0.5) is 5.69 Å². The lowest BCUT2D eigenvalue weighted by Crippen LogP contribution is -2.46. The molecule has 2 unspecified atom stereocenters. The zero-order chi connectivity index (χ0) is 15.2. The maximum absolute atomic E-state index is 11.5. The van der Waals surface area contributed by atoms with Crippen LogP contribution < -0.4 is 16.0 Å². The van der Waals surface area contributed by atoms with Gasteiger partial charge in [0.25, 0.3) is 0 Å². The third-order valence-corrected chi connectivity index (χ3v) is 4.33. The van der Waals surface area contributed by atoms with Gasteiger partial charge in [-0.3, -0.25) is 4.79 Å². The number of nitrogens with one attached hydrogen (secondary N) is 1. The summed E-state index contributed by atoms with van der Waals surface area (Å²) in [4.78, 5) is 13.9. The van der Waals surface area contributed by atoms with Crippen LogP contribution in [0.15, 0.2) is 24.3 Å². The van der Waals surface area contributed by atoms with Crippen LogP contribution >= 0.6 is 0 Å². The molecule has 0 bridgehead atoms. The van der Waals surface area contributed by atoms with Crippen LogP contribution in [-0.2, 0) is 11.3 Å². The Hall–Kier alpha value is -1.55. The summed E-state index contributed by atoms with van der Waals surface area (Å²) in [6.45, 7) is 7.03. The molecule has 4 nitrogen and oxygen atoms in total. The summed E-state index contributed by atoms with van der Waals surface area (Å²) in [5.74, 6) is -0.202. The van der Waals surface area contributed by atoms with Gasteiger partial charge in [-0.15, -0.1) is 0 Å². The summed E-state index contributed by atoms with van der Waals surface area (Å²) in [6.07, 6.45) is 3.06. The smallest absolute Gasteiger partial charge is 0.222 e. The van der Waals surface area contributed by atoms with Gasteiger partial charge < -0.3 is 16.0 Å². The monoisotopic (exact) mass is 289 g/mol. The molecule has 21 heavy (non-hydrogen) atoms. The van der Waals surface area contributed by atoms with Crippen LogP contribution in [0.3, 0.4) is 0 Å². The molecule has 2 atom stereocenters. The van der Waals surface area contributed by atoms with Gasteiger partial charge in [-0.25, -0.2) is 0 Å². The van der Waals surface area contributed by atoms with E-state index in [0.29, 0.717) is 6.04 Å². The molecule has 1 aliphatic rings. The molecule has 1 aliphatic heterocycles. The Morgan fingerprint density at radius 3 is 2.86 bits per heavy atom. The Morgan fingerprint density at radius 2 is 2.14 bits per heavy atom. The molecule has 0 aromatic heterocycles. The number of hydrogen-bond acceptors (Lipinski definition) is 3. The van der Waals surface area contributed by atoms with Crippen molar-refractivity contribution in [3.8, 4) is 0 Å². The summed E-state index contributed by atoms with van der Waals surface area (Å²) < 4.78 is 0. The van der Waals surface area contributed by atoms with E-state index in [0.717, 1.165) is 38.9 Å². The Morgan fingerprint density at radius 1 is 1.38 bits per heavy atom. The van der Waals surface area contributed by atoms with E-state index in [1.165, 1.54) is 11.3 Å². The minimum atomic E-state index is -0.173. The number of benzene rings is 1. The van der Waals surface area contributed by atoms with Gasteiger partial charge in [0.1, 0.15) is 0 Å². The molecule has 0 aliphatic carbocycles. The summed E-state index contributed by atoms with van der Waals surface area (Å²) in [6, 6.07) is 8.92. The fourth-order valence-corrected chi connectivity index (χ4v) is 3.02.